The van der Waals surface area contributed by atoms with E-state index in [2.05, 4.69) is 4.98 Å². The van der Waals surface area contributed by atoms with Crippen molar-refractivity contribution in [1.82, 2.24) is 9.88 Å². The minimum atomic E-state index is -4.44. The van der Waals surface area contributed by atoms with Crippen LogP contribution >= 0.6 is 12.4 Å². The molecule has 1 aromatic heterocycles. The highest BCUT2D eigenvalue weighted by Gasteiger charge is 2.32. The zero-order chi connectivity index (χ0) is 24.1. The van der Waals surface area contributed by atoms with Crippen LogP contribution in [0.5, 0.6) is 0 Å². The van der Waals surface area contributed by atoms with E-state index in [-0.39, 0.29) is 19.0 Å². The summed E-state index contributed by atoms with van der Waals surface area (Å²) in [5.41, 5.74) is 2.60. The number of alkyl halides is 3. The van der Waals surface area contributed by atoms with Crippen LogP contribution in [0.15, 0.2) is 85.1 Å². The third kappa shape index (κ3) is 6.44. The molecule has 4 aromatic rings. The van der Waals surface area contributed by atoms with Gasteiger partial charge in [-0.3, -0.25) is 9.69 Å². The van der Waals surface area contributed by atoms with Crippen molar-refractivity contribution in [3.05, 3.63) is 107 Å². The van der Waals surface area contributed by atoms with Crippen LogP contribution in [0.2, 0.25) is 0 Å². The number of hydrogen-bond acceptors (Lipinski definition) is 3. The van der Waals surface area contributed by atoms with Crippen molar-refractivity contribution in [2.24, 2.45) is 0 Å². The molecule has 1 N–H and O–H groups in total. The van der Waals surface area contributed by atoms with Gasteiger partial charge in [-0.1, -0.05) is 66.7 Å². The van der Waals surface area contributed by atoms with Crippen LogP contribution in [0.1, 0.15) is 22.3 Å². The molecule has 0 aliphatic rings. The number of nitrogens with zero attached hydrogens (tertiary/aromatic N) is 1. The van der Waals surface area contributed by atoms with Gasteiger partial charge >= 0.3 is 12.1 Å². The van der Waals surface area contributed by atoms with Crippen molar-refractivity contribution < 1.29 is 22.7 Å². The van der Waals surface area contributed by atoms with E-state index in [0.29, 0.717) is 18.5 Å². The Labute approximate surface area is 208 Å². The maximum absolute atomic E-state index is 13.3. The Morgan fingerprint density at radius 2 is 1.60 bits per heavy atom. The molecular formula is C27H26ClF3N2O2. The number of aromatic amines is 1. The Bertz CT molecular complexity index is 1260. The molecule has 0 aliphatic heterocycles. The number of fused-ring (bicyclic) bond motifs is 1. The fourth-order valence-corrected chi connectivity index (χ4v) is 4.18. The van der Waals surface area contributed by atoms with E-state index < -0.39 is 23.8 Å². The first-order valence-corrected chi connectivity index (χ1v) is 10.9. The molecule has 0 bridgehead atoms. The molecular weight excluding hydrogens is 477 g/mol. The smallest absolute Gasteiger partial charge is 0.416 e. The van der Waals surface area contributed by atoms with Gasteiger partial charge in [0.2, 0.25) is 0 Å². The van der Waals surface area contributed by atoms with Gasteiger partial charge in [0.1, 0.15) is 6.04 Å². The molecule has 0 radical (unpaired) electrons. The lowest BCUT2D eigenvalue weighted by Gasteiger charge is -2.30. The quantitative estimate of drug-likeness (QED) is 0.284. The Morgan fingerprint density at radius 1 is 0.943 bits per heavy atom. The number of methoxy groups -OCH3 is 1. The number of rotatable bonds is 8. The Morgan fingerprint density at radius 3 is 2.31 bits per heavy atom. The molecule has 3 aromatic carbocycles. The Hall–Kier alpha value is -3.29. The second-order valence-corrected chi connectivity index (χ2v) is 8.19. The van der Waals surface area contributed by atoms with Gasteiger partial charge in [0, 0.05) is 36.6 Å². The van der Waals surface area contributed by atoms with Gasteiger partial charge in [-0.25, -0.2) is 0 Å². The van der Waals surface area contributed by atoms with Crippen LogP contribution in [0.3, 0.4) is 0 Å². The van der Waals surface area contributed by atoms with Crippen LogP contribution in [-0.2, 0) is 35.2 Å². The summed E-state index contributed by atoms with van der Waals surface area (Å²) >= 11 is 0. The van der Waals surface area contributed by atoms with Gasteiger partial charge in [0.25, 0.3) is 0 Å². The van der Waals surface area contributed by atoms with Crippen molar-refractivity contribution >= 4 is 29.3 Å². The van der Waals surface area contributed by atoms with Crippen LogP contribution < -0.4 is 0 Å². The highest BCUT2D eigenvalue weighted by molar-refractivity contribution is 5.85. The van der Waals surface area contributed by atoms with Crippen molar-refractivity contribution in [2.45, 2.75) is 31.7 Å². The number of carbonyl (C=O) groups is 1. The minimum Gasteiger partial charge on any atom is -0.468 e. The number of H-pyrrole nitrogens is 1. The number of ether oxygens (including phenoxy) is 1. The van der Waals surface area contributed by atoms with E-state index in [1.165, 1.54) is 13.2 Å². The molecule has 184 valence electrons. The first kappa shape index (κ1) is 26.3. The third-order valence-corrected chi connectivity index (χ3v) is 5.87. The van der Waals surface area contributed by atoms with Gasteiger partial charge in [0.05, 0.1) is 12.7 Å². The highest BCUT2D eigenvalue weighted by atomic mass is 35.5. The van der Waals surface area contributed by atoms with Crippen molar-refractivity contribution in [1.29, 1.82) is 0 Å². The number of esters is 1. The average Bonchev–Trinajstić information content (AvgIpc) is 3.25. The van der Waals surface area contributed by atoms with E-state index in [1.54, 1.807) is 6.07 Å². The lowest BCUT2D eigenvalue weighted by molar-refractivity contribution is -0.147. The normalized spacial score (nSPS) is 12.4. The van der Waals surface area contributed by atoms with E-state index in [0.717, 1.165) is 34.2 Å². The molecule has 0 saturated carbocycles. The van der Waals surface area contributed by atoms with Crippen LogP contribution in [0.25, 0.3) is 10.9 Å². The van der Waals surface area contributed by atoms with Crippen LogP contribution in [0, 0.1) is 0 Å². The third-order valence-electron chi connectivity index (χ3n) is 5.87. The molecule has 1 atom stereocenters. The maximum Gasteiger partial charge on any atom is 0.416 e. The first-order valence-electron chi connectivity index (χ1n) is 10.9. The van der Waals surface area contributed by atoms with Crippen molar-refractivity contribution in [3.8, 4) is 0 Å². The van der Waals surface area contributed by atoms with E-state index in [4.69, 9.17) is 4.74 Å². The van der Waals surface area contributed by atoms with Crippen molar-refractivity contribution in [2.75, 3.05) is 7.11 Å². The number of carbonyl (C=O) groups excluding carboxylic acids is 1. The highest BCUT2D eigenvalue weighted by Crippen LogP contribution is 2.30. The summed E-state index contributed by atoms with van der Waals surface area (Å²) < 4.78 is 45.0. The lowest BCUT2D eigenvalue weighted by atomic mass is 10.0. The van der Waals surface area contributed by atoms with Crippen LogP contribution in [0.4, 0.5) is 13.2 Å². The molecule has 0 spiro atoms. The number of hydrogen-bond donors (Lipinski definition) is 1. The fraction of sp³-hybridized carbons (Fsp3) is 0.222. The molecule has 0 unspecified atom stereocenters. The number of halogens is 4. The molecule has 4 nitrogen and oxygen atoms in total. The molecule has 0 amide bonds. The second kappa shape index (κ2) is 11.4. The van der Waals surface area contributed by atoms with E-state index >= 15 is 0 Å². The molecule has 0 aliphatic carbocycles. The predicted octanol–water partition coefficient (Wildman–Crippen LogP) is 6.40. The minimum absolute atomic E-state index is 0. The van der Waals surface area contributed by atoms with Gasteiger partial charge in [0.15, 0.2) is 0 Å². The maximum atomic E-state index is 13.3. The summed E-state index contributed by atoms with van der Waals surface area (Å²) in [7, 11) is 1.33. The van der Waals surface area contributed by atoms with Gasteiger partial charge < -0.3 is 9.72 Å². The zero-order valence-corrected chi connectivity index (χ0v) is 19.9. The number of aromatic nitrogens is 1. The number of para-hydroxylation sites is 1. The summed E-state index contributed by atoms with van der Waals surface area (Å²) in [4.78, 5) is 18.1. The topological polar surface area (TPSA) is 45.3 Å². The average molecular weight is 503 g/mol. The molecule has 35 heavy (non-hydrogen) atoms. The van der Waals surface area contributed by atoms with Gasteiger partial charge in [-0.05, 0) is 28.8 Å². The summed E-state index contributed by atoms with van der Waals surface area (Å²) in [6.07, 6.45) is -2.22. The summed E-state index contributed by atoms with van der Waals surface area (Å²) in [5.74, 6) is -0.437. The number of benzene rings is 3. The zero-order valence-electron chi connectivity index (χ0n) is 19.1. The molecule has 0 saturated heterocycles. The SMILES string of the molecule is COC(=O)[C@H](Cc1c[nH]c2ccccc12)N(Cc1ccccc1)Cc1cccc(C(F)(F)F)c1.Cl. The largest absolute Gasteiger partial charge is 0.468 e. The first-order chi connectivity index (χ1) is 16.3. The second-order valence-electron chi connectivity index (χ2n) is 8.19. The van der Waals surface area contributed by atoms with E-state index in [1.807, 2.05) is 65.7 Å². The molecule has 8 heteroatoms. The van der Waals surface area contributed by atoms with E-state index in [9.17, 15) is 18.0 Å². The Balaban J connectivity index is 0.00000342. The molecule has 4 rings (SSSR count). The number of nitrogens with one attached hydrogen (secondary N) is 1. The van der Waals surface area contributed by atoms with Gasteiger partial charge in [-0.15, -0.1) is 12.4 Å². The Kier molecular flexibility index (Phi) is 8.59. The summed E-state index contributed by atoms with van der Waals surface area (Å²) in [6, 6.07) is 21.9. The fourth-order valence-electron chi connectivity index (χ4n) is 4.18. The standard InChI is InChI=1S/C27H25F3N2O2.ClH/c1-34-26(33)25(15-21-16-31-24-13-6-5-12-23(21)24)32(17-19-8-3-2-4-9-19)18-20-10-7-11-22(14-20)27(28,29)30;/h2-14,16,25,31H,15,17-18H2,1H3;1H/t25-;/m0./s1. The molecule has 1 heterocycles. The predicted molar refractivity (Wildman–Crippen MR) is 132 cm³/mol. The monoisotopic (exact) mass is 502 g/mol. The van der Waals surface area contributed by atoms with Gasteiger partial charge in [-0.2, -0.15) is 13.2 Å². The molecule has 0 fully saturated rings. The van der Waals surface area contributed by atoms with Crippen molar-refractivity contribution in [3.63, 3.8) is 0 Å². The lowest BCUT2D eigenvalue weighted by Crippen LogP contribution is -2.42. The summed E-state index contributed by atoms with van der Waals surface area (Å²) in [6.45, 7) is 0.528. The van der Waals surface area contributed by atoms with Crippen LogP contribution in [-0.4, -0.2) is 29.0 Å². The summed E-state index contributed by atoms with van der Waals surface area (Å²) in [5, 5.41) is 0.995.